The van der Waals surface area contributed by atoms with Crippen molar-refractivity contribution in [3.63, 3.8) is 0 Å². The SMILES string of the molecule is COc1cc2c(cc1O)[C@]13CCN4CC5=CCO[C@@H]6CC(=O)N2[C@@H]1[C@@H]6[C@H]5C[C@H]43. The van der Waals surface area contributed by atoms with E-state index >= 15 is 0 Å². The third-order valence-corrected chi connectivity index (χ3v) is 8.61. The van der Waals surface area contributed by atoms with Gasteiger partial charge in [-0.1, -0.05) is 11.6 Å². The van der Waals surface area contributed by atoms with Gasteiger partial charge in [-0.15, -0.1) is 0 Å². The number of carbonyl (C=O) groups excluding carboxylic acids is 1. The van der Waals surface area contributed by atoms with Gasteiger partial charge in [0.05, 0.1) is 38.0 Å². The van der Waals surface area contributed by atoms with Crippen molar-refractivity contribution in [1.29, 1.82) is 0 Å². The van der Waals surface area contributed by atoms with Crippen LogP contribution in [0.5, 0.6) is 11.5 Å². The van der Waals surface area contributed by atoms with Gasteiger partial charge in [0.15, 0.2) is 11.5 Å². The number of rotatable bonds is 1. The Bertz CT molecular complexity index is 958. The van der Waals surface area contributed by atoms with Crippen LogP contribution < -0.4 is 9.64 Å². The van der Waals surface area contributed by atoms with Crippen LogP contribution in [0.15, 0.2) is 23.8 Å². The number of benzene rings is 1. The van der Waals surface area contributed by atoms with E-state index in [-0.39, 0.29) is 29.2 Å². The Labute approximate surface area is 163 Å². The summed E-state index contributed by atoms with van der Waals surface area (Å²) in [6.45, 7) is 2.71. The highest BCUT2D eigenvalue weighted by molar-refractivity contribution is 5.99. The molecule has 1 aromatic rings. The van der Waals surface area contributed by atoms with E-state index in [9.17, 15) is 9.90 Å². The fraction of sp³-hybridized carbons (Fsp3) is 0.591. The molecular weight excluding hydrogens is 356 g/mol. The Morgan fingerprint density at radius 3 is 3.11 bits per heavy atom. The van der Waals surface area contributed by atoms with Crippen LogP contribution in [0, 0.1) is 11.8 Å². The predicted molar refractivity (Wildman–Crippen MR) is 102 cm³/mol. The van der Waals surface area contributed by atoms with Crippen LogP contribution in [0.1, 0.15) is 24.8 Å². The highest BCUT2D eigenvalue weighted by Crippen LogP contribution is 2.66. The molecule has 28 heavy (non-hydrogen) atoms. The number of phenolic OH excluding ortho intramolecular Hbond substituents is 1. The Balaban J connectivity index is 1.53. The number of hydrogen-bond acceptors (Lipinski definition) is 5. The van der Waals surface area contributed by atoms with E-state index in [1.165, 1.54) is 5.57 Å². The van der Waals surface area contributed by atoms with Crippen LogP contribution in [-0.4, -0.2) is 60.9 Å². The fourth-order valence-corrected chi connectivity index (χ4v) is 7.72. The van der Waals surface area contributed by atoms with Gasteiger partial charge in [-0.05, 0) is 36.9 Å². The number of nitrogens with zero attached hydrogens (tertiary/aromatic N) is 2. The molecule has 4 fully saturated rings. The lowest BCUT2D eigenvalue weighted by Crippen LogP contribution is -2.69. The number of carbonyl (C=O) groups is 1. The maximum absolute atomic E-state index is 13.4. The lowest BCUT2D eigenvalue weighted by atomic mass is 9.53. The van der Waals surface area contributed by atoms with Crippen molar-refractivity contribution >= 4 is 11.6 Å². The maximum Gasteiger partial charge on any atom is 0.229 e. The molecule has 1 saturated carbocycles. The maximum atomic E-state index is 13.4. The van der Waals surface area contributed by atoms with E-state index in [1.54, 1.807) is 7.11 Å². The molecule has 1 N–H and O–H groups in total. The zero-order chi connectivity index (χ0) is 18.8. The van der Waals surface area contributed by atoms with Crippen LogP contribution in [0.2, 0.25) is 0 Å². The quantitative estimate of drug-likeness (QED) is 0.753. The number of hydrogen-bond donors (Lipinski definition) is 1. The molecule has 5 heterocycles. The van der Waals surface area contributed by atoms with E-state index in [1.807, 2.05) is 12.1 Å². The lowest BCUT2D eigenvalue weighted by Gasteiger charge is -2.58. The highest BCUT2D eigenvalue weighted by Gasteiger charge is 2.71. The molecule has 0 radical (unpaired) electrons. The van der Waals surface area contributed by atoms with Crippen molar-refractivity contribution in [1.82, 2.24) is 4.90 Å². The summed E-state index contributed by atoms with van der Waals surface area (Å²) in [5.41, 5.74) is 3.51. The molecule has 146 valence electrons. The second kappa shape index (κ2) is 4.92. The Kier molecular flexibility index (Phi) is 2.78. The molecule has 6 atom stereocenters. The van der Waals surface area contributed by atoms with Crippen LogP contribution in [0.25, 0.3) is 0 Å². The second-order valence-corrected chi connectivity index (χ2v) is 9.30. The first-order valence-electron chi connectivity index (χ1n) is 10.4. The van der Waals surface area contributed by atoms with Crippen LogP contribution in [-0.2, 0) is 14.9 Å². The van der Waals surface area contributed by atoms with Gasteiger partial charge >= 0.3 is 0 Å². The topological polar surface area (TPSA) is 62.2 Å². The van der Waals surface area contributed by atoms with Gasteiger partial charge in [-0.25, -0.2) is 0 Å². The first-order chi connectivity index (χ1) is 13.6. The number of methoxy groups -OCH3 is 1. The molecule has 7 rings (SSSR count). The van der Waals surface area contributed by atoms with E-state index in [2.05, 4.69) is 15.9 Å². The zero-order valence-corrected chi connectivity index (χ0v) is 15.9. The molecule has 1 aromatic carbocycles. The molecule has 1 spiro atoms. The number of phenols is 1. The molecule has 3 saturated heterocycles. The summed E-state index contributed by atoms with van der Waals surface area (Å²) in [5.74, 6) is 1.61. The van der Waals surface area contributed by atoms with E-state index < -0.39 is 0 Å². The average molecular weight is 380 g/mol. The summed E-state index contributed by atoms with van der Waals surface area (Å²) in [7, 11) is 1.57. The Hall–Kier alpha value is -2.05. The zero-order valence-electron chi connectivity index (χ0n) is 15.9. The van der Waals surface area contributed by atoms with Crippen LogP contribution >= 0.6 is 0 Å². The molecule has 2 bridgehead atoms. The molecule has 1 aliphatic carbocycles. The van der Waals surface area contributed by atoms with Gasteiger partial charge in [0.2, 0.25) is 5.91 Å². The monoisotopic (exact) mass is 380 g/mol. The number of piperidine rings is 2. The number of amides is 1. The van der Waals surface area contributed by atoms with E-state index in [4.69, 9.17) is 9.47 Å². The Morgan fingerprint density at radius 1 is 1.36 bits per heavy atom. The third kappa shape index (κ3) is 1.56. The number of fused-ring (bicyclic) bond motifs is 2. The molecule has 5 aliphatic heterocycles. The average Bonchev–Trinajstić information content (AvgIpc) is 3.14. The van der Waals surface area contributed by atoms with Crippen LogP contribution in [0.4, 0.5) is 5.69 Å². The van der Waals surface area contributed by atoms with Crippen molar-refractivity contribution in [2.45, 2.75) is 42.9 Å². The van der Waals surface area contributed by atoms with Gasteiger partial charge in [-0.3, -0.25) is 9.69 Å². The third-order valence-electron chi connectivity index (χ3n) is 8.61. The van der Waals surface area contributed by atoms with Gasteiger partial charge < -0.3 is 19.5 Å². The van der Waals surface area contributed by atoms with Crippen molar-refractivity contribution in [2.24, 2.45) is 11.8 Å². The van der Waals surface area contributed by atoms with Gasteiger partial charge in [-0.2, -0.15) is 0 Å². The van der Waals surface area contributed by atoms with Gasteiger partial charge in [0.1, 0.15) is 0 Å². The van der Waals surface area contributed by atoms with E-state index in [0.717, 1.165) is 37.2 Å². The van der Waals surface area contributed by atoms with Crippen molar-refractivity contribution in [3.05, 3.63) is 29.3 Å². The van der Waals surface area contributed by atoms with Crippen molar-refractivity contribution < 1.29 is 19.4 Å². The predicted octanol–water partition coefficient (Wildman–Crippen LogP) is 1.81. The lowest BCUT2D eigenvalue weighted by molar-refractivity contribution is -0.132. The number of anilines is 1. The molecule has 6 aliphatic rings. The summed E-state index contributed by atoms with van der Waals surface area (Å²) >= 11 is 0. The number of ether oxygens (including phenoxy) is 2. The first kappa shape index (κ1) is 15.8. The minimum atomic E-state index is -0.103. The van der Waals surface area contributed by atoms with Gasteiger partial charge in [0.25, 0.3) is 0 Å². The fourth-order valence-electron chi connectivity index (χ4n) is 7.72. The summed E-state index contributed by atoms with van der Waals surface area (Å²) in [4.78, 5) is 18.0. The molecular formula is C22H24N2O4. The first-order valence-corrected chi connectivity index (χ1v) is 10.4. The minimum absolute atomic E-state index is 0.00211. The molecule has 0 unspecified atom stereocenters. The van der Waals surface area contributed by atoms with Crippen LogP contribution in [0.3, 0.4) is 0 Å². The van der Waals surface area contributed by atoms with E-state index in [0.29, 0.717) is 36.7 Å². The largest absolute Gasteiger partial charge is 0.504 e. The Morgan fingerprint density at radius 2 is 2.25 bits per heavy atom. The standard InChI is InChI=1S/C22H24N2O4/c1-27-16-8-14-13(7-15(16)25)22-3-4-23-10-11-2-5-28-17-9-19(26)24(14)21(22)20(17)12(11)6-18(22)23/h2,7-8,12,17-18,20-21,25H,3-6,9-10H2,1H3/t12-,17+,18-,20+,21+,22-/m0/s1. The molecule has 0 aromatic heterocycles. The van der Waals surface area contributed by atoms with Crippen molar-refractivity contribution in [2.75, 3.05) is 31.7 Å². The summed E-state index contributed by atoms with van der Waals surface area (Å²) in [5, 5.41) is 10.6. The van der Waals surface area contributed by atoms with Gasteiger partial charge in [0, 0.05) is 30.0 Å². The number of aromatic hydroxyl groups is 1. The summed E-state index contributed by atoms with van der Waals surface area (Å²) in [6.07, 6.45) is 4.92. The molecule has 6 nitrogen and oxygen atoms in total. The molecule has 6 heteroatoms. The normalized spacial score (nSPS) is 42.2. The van der Waals surface area contributed by atoms with Crippen molar-refractivity contribution in [3.8, 4) is 11.5 Å². The summed E-state index contributed by atoms with van der Waals surface area (Å²) in [6, 6.07) is 4.33. The molecule has 1 amide bonds. The second-order valence-electron chi connectivity index (χ2n) is 9.30. The highest BCUT2D eigenvalue weighted by atomic mass is 16.5. The minimum Gasteiger partial charge on any atom is -0.504 e. The summed E-state index contributed by atoms with van der Waals surface area (Å²) < 4.78 is 11.6. The smallest absolute Gasteiger partial charge is 0.229 e.